The van der Waals surface area contributed by atoms with Gasteiger partial charge in [-0.25, -0.2) is 14.3 Å². The van der Waals surface area contributed by atoms with E-state index >= 15 is 0 Å². The number of carbonyl (C=O) groups is 2. The molecule has 2 aromatic carbocycles. The Kier molecular flexibility index (Phi) is 7.30. The summed E-state index contributed by atoms with van der Waals surface area (Å²) in [5.74, 6) is -0.312. The monoisotopic (exact) mass is 436 g/mol. The molecular weight excluding hydrogens is 408 g/mol. The SMILES string of the molecule is COC(=O)c1c(-c2cc(C)ccc2OCCC(C)C)nn(-c2ccccc2)c1C(=O)OC. The van der Waals surface area contributed by atoms with Crippen LogP contribution in [0.2, 0.25) is 0 Å². The molecular formula is C25H28N2O5. The Morgan fingerprint density at radius 2 is 1.69 bits per heavy atom. The molecule has 0 amide bonds. The molecule has 1 heterocycles. The van der Waals surface area contributed by atoms with Crippen LogP contribution >= 0.6 is 0 Å². The molecule has 0 saturated heterocycles. The fourth-order valence-corrected chi connectivity index (χ4v) is 3.30. The number of hydrogen-bond donors (Lipinski definition) is 0. The van der Waals surface area contributed by atoms with Gasteiger partial charge >= 0.3 is 11.9 Å². The summed E-state index contributed by atoms with van der Waals surface area (Å²) in [6, 6.07) is 14.8. The molecule has 0 fully saturated rings. The summed E-state index contributed by atoms with van der Waals surface area (Å²) in [5, 5.41) is 4.67. The second-order valence-electron chi connectivity index (χ2n) is 7.83. The molecule has 0 saturated carbocycles. The molecule has 3 rings (SSSR count). The van der Waals surface area contributed by atoms with Crippen LogP contribution in [-0.2, 0) is 9.47 Å². The van der Waals surface area contributed by atoms with Crippen molar-refractivity contribution < 1.29 is 23.8 Å². The molecule has 0 aliphatic heterocycles. The number of aryl methyl sites for hydroxylation is 1. The predicted octanol–water partition coefficient (Wildman–Crippen LogP) is 4.85. The highest BCUT2D eigenvalue weighted by atomic mass is 16.5. The average molecular weight is 437 g/mol. The lowest BCUT2D eigenvalue weighted by atomic mass is 10.0. The third-order valence-electron chi connectivity index (χ3n) is 5.00. The van der Waals surface area contributed by atoms with Crippen molar-refractivity contribution in [1.29, 1.82) is 0 Å². The molecule has 0 N–H and O–H groups in total. The molecule has 7 nitrogen and oxygen atoms in total. The summed E-state index contributed by atoms with van der Waals surface area (Å²) in [5.41, 5.74) is 2.50. The first kappa shape index (κ1) is 23.1. The van der Waals surface area contributed by atoms with E-state index in [1.165, 1.54) is 18.9 Å². The van der Waals surface area contributed by atoms with E-state index in [2.05, 4.69) is 18.9 Å². The van der Waals surface area contributed by atoms with Crippen LogP contribution in [0.15, 0.2) is 48.5 Å². The first-order chi connectivity index (χ1) is 15.4. The van der Waals surface area contributed by atoms with Crippen molar-refractivity contribution in [3.63, 3.8) is 0 Å². The van der Waals surface area contributed by atoms with E-state index in [9.17, 15) is 9.59 Å². The molecule has 0 radical (unpaired) electrons. The Hall–Kier alpha value is -3.61. The zero-order valence-electron chi connectivity index (χ0n) is 19.0. The smallest absolute Gasteiger partial charge is 0.357 e. The van der Waals surface area contributed by atoms with Crippen molar-refractivity contribution >= 4 is 11.9 Å². The molecule has 32 heavy (non-hydrogen) atoms. The van der Waals surface area contributed by atoms with Gasteiger partial charge in [-0.1, -0.05) is 43.7 Å². The highest BCUT2D eigenvalue weighted by Crippen LogP contribution is 2.36. The minimum absolute atomic E-state index is 0.00446. The Bertz CT molecular complexity index is 1100. The quantitative estimate of drug-likeness (QED) is 0.470. The minimum atomic E-state index is -0.692. The number of aromatic nitrogens is 2. The van der Waals surface area contributed by atoms with Gasteiger partial charge in [0.15, 0.2) is 5.69 Å². The van der Waals surface area contributed by atoms with Crippen LogP contribution in [0.1, 0.15) is 46.7 Å². The highest BCUT2D eigenvalue weighted by Gasteiger charge is 2.32. The largest absolute Gasteiger partial charge is 0.493 e. The maximum Gasteiger partial charge on any atom is 0.357 e. The van der Waals surface area contributed by atoms with Crippen molar-refractivity contribution in [2.24, 2.45) is 5.92 Å². The third kappa shape index (κ3) is 4.82. The van der Waals surface area contributed by atoms with Crippen molar-refractivity contribution in [1.82, 2.24) is 9.78 Å². The van der Waals surface area contributed by atoms with Gasteiger partial charge in [-0.2, -0.15) is 5.10 Å². The number of esters is 2. The standard InChI is InChI=1S/C25H28N2O5/c1-16(2)13-14-32-20-12-11-17(3)15-19(20)22-21(24(28)30-4)23(25(29)31-5)27(26-22)18-9-7-6-8-10-18/h6-12,15-16H,13-14H2,1-5H3. The maximum absolute atomic E-state index is 12.9. The van der Waals surface area contributed by atoms with E-state index in [0.29, 0.717) is 35.2 Å². The molecule has 0 spiro atoms. The first-order valence-electron chi connectivity index (χ1n) is 10.5. The first-order valence-corrected chi connectivity index (χ1v) is 10.5. The van der Waals surface area contributed by atoms with Gasteiger partial charge in [0, 0.05) is 5.56 Å². The number of carbonyl (C=O) groups excluding carboxylic acids is 2. The third-order valence-corrected chi connectivity index (χ3v) is 5.00. The minimum Gasteiger partial charge on any atom is -0.493 e. The van der Waals surface area contributed by atoms with Gasteiger partial charge in [-0.3, -0.25) is 0 Å². The summed E-state index contributed by atoms with van der Waals surface area (Å²) in [6.07, 6.45) is 0.878. The maximum atomic E-state index is 12.9. The summed E-state index contributed by atoms with van der Waals surface area (Å²) in [4.78, 5) is 25.6. The average Bonchev–Trinajstić information content (AvgIpc) is 3.19. The van der Waals surface area contributed by atoms with Gasteiger partial charge in [-0.15, -0.1) is 0 Å². The number of methoxy groups -OCH3 is 2. The van der Waals surface area contributed by atoms with Crippen molar-refractivity contribution in [3.05, 3.63) is 65.4 Å². The number of para-hydroxylation sites is 1. The van der Waals surface area contributed by atoms with Gasteiger partial charge in [-0.05, 0) is 43.5 Å². The molecule has 0 aliphatic carbocycles. The molecule has 1 aromatic heterocycles. The van der Waals surface area contributed by atoms with Crippen LogP contribution in [0, 0.1) is 12.8 Å². The summed E-state index contributed by atoms with van der Waals surface area (Å²) < 4.78 is 17.5. The van der Waals surface area contributed by atoms with E-state index < -0.39 is 11.9 Å². The number of benzene rings is 2. The molecule has 0 bridgehead atoms. The van der Waals surface area contributed by atoms with Gasteiger partial charge in [0.1, 0.15) is 17.0 Å². The second-order valence-corrected chi connectivity index (χ2v) is 7.83. The van der Waals surface area contributed by atoms with Crippen LogP contribution in [0.5, 0.6) is 5.75 Å². The number of nitrogens with zero attached hydrogens (tertiary/aromatic N) is 2. The predicted molar refractivity (Wildman–Crippen MR) is 121 cm³/mol. The van der Waals surface area contributed by atoms with Crippen molar-refractivity contribution in [2.75, 3.05) is 20.8 Å². The number of hydrogen-bond acceptors (Lipinski definition) is 6. The van der Waals surface area contributed by atoms with Crippen molar-refractivity contribution in [3.8, 4) is 22.7 Å². The van der Waals surface area contributed by atoms with Crippen LogP contribution in [-0.4, -0.2) is 42.5 Å². The highest BCUT2D eigenvalue weighted by molar-refractivity contribution is 6.07. The van der Waals surface area contributed by atoms with E-state index in [0.717, 1.165) is 12.0 Å². The van der Waals surface area contributed by atoms with Crippen LogP contribution in [0.25, 0.3) is 16.9 Å². The Morgan fingerprint density at radius 1 is 1.00 bits per heavy atom. The normalized spacial score (nSPS) is 10.8. The van der Waals surface area contributed by atoms with Crippen LogP contribution < -0.4 is 4.74 Å². The van der Waals surface area contributed by atoms with Gasteiger partial charge in [0.05, 0.1) is 26.5 Å². The van der Waals surface area contributed by atoms with E-state index in [1.807, 2.05) is 43.3 Å². The fourth-order valence-electron chi connectivity index (χ4n) is 3.30. The lowest BCUT2D eigenvalue weighted by Crippen LogP contribution is -2.15. The zero-order valence-corrected chi connectivity index (χ0v) is 19.0. The van der Waals surface area contributed by atoms with Gasteiger partial charge in [0.25, 0.3) is 0 Å². The van der Waals surface area contributed by atoms with E-state index in [1.54, 1.807) is 12.1 Å². The summed E-state index contributed by atoms with van der Waals surface area (Å²) >= 11 is 0. The molecule has 0 atom stereocenters. The molecule has 3 aromatic rings. The summed E-state index contributed by atoms with van der Waals surface area (Å²) in [7, 11) is 2.53. The zero-order chi connectivity index (χ0) is 23.3. The molecule has 7 heteroatoms. The number of rotatable bonds is 8. The lowest BCUT2D eigenvalue weighted by molar-refractivity contribution is 0.0549. The molecule has 168 valence electrons. The molecule has 0 unspecified atom stereocenters. The van der Waals surface area contributed by atoms with Gasteiger partial charge in [0.2, 0.25) is 0 Å². The second kappa shape index (κ2) is 10.1. The lowest BCUT2D eigenvalue weighted by Gasteiger charge is -2.13. The summed E-state index contributed by atoms with van der Waals surface area (Å²) in [6.45, 7) is 6.71. The Labute approximate surface area is 187 Å². The fraction of sp³-hybridized carbons (Fsp3) is 0.320. The molecule has 0 aliphatic rings. The van der Waals surface area contributed by atoms with E-state index in [-0.39, 0.29) is 11.3 Å². The van der Waals surface area contributed by atoms with Crippen molar-refractivity contribution in [2.45, 2.75) is 27.2 Å². The van der Waals surface area contributed by atoms with Crippen LogP contribution in [0.4, 0.5) is 0 Å². The Morgan fingerprint density at radius 3 is 2.31 bits per heavy atom. The Balaban J connectivity index is 2.27. The number of ether oxygens (including phenoxy) is 3. The topological polar surface area (TPSA) is 79.7 Å². The van der Waals surface area contributed by atoms with E-state index in [4.69, 9.17) is 14.2 Å². The van der Waals surface area contributed by atoms with Gasteiger partial charge < -0.3 is 14.2 Å². The van der Waals surface area contributed by atoms with Crippen LogP contribution in [0.3, 0.4) is 0 Å².